The third kappa shape index (κ3) is 5.40. The lowest BCUT2D eigenvalue weighted by atomic mass is 9.90. The average molecular weight is 467 g/mol. The number of carboxylic acid groups (broad SMARTS) is 1. The van der Waals surface area contributed by atoms with Crippen LogP contribution in [0, 0.1) is 0 Å². The maximum absolute atomic E-state index is 12.3. The van der Waals surface area contributed by atoms with E-state index in [1.54, 1.807) is 7.11 Å². The van der Waals surface area contributed by atoms with Crippen LogP contribution in [0.4, 0.5) is 5.69 Å². The maximum atomic E-state index is 12.3. The van der Waals surface area contributed by atoms with E-state index in [1.807, 2.05) is 18.2 Å². The van der Waals surface area contributed by atoms with E-state index in [1.165, 1.54) is 24.3 Å². The molecule has 1 heterocycles. The number of hydrogen-bond acceptors (Lipinski definition) is 7. The summed E-state index contributed by atoms with van der Waals surface area (Å²) in [6, 6.07) is 11.7. The molecule has 1 unspecified atom stereocenters. The molecule has 0 spiro atoms. The highest BCUT2D eigenvalue weighted by atomic mass is 32.2. The van der Waals surface area contributed by atoms with Gasteiger partial charge in [0.2, 0.25) is 11.8 Å². The van der Waals surface area contributed by atoms with Gasteiger partial charge in [-0.3, -0.25) is 9.59 Å². The van der Waals surface area contributed by atoms with Crippen molar-refractivity contribution in [1.29, 1.82) is 0 Å². The summed E-state index contributed by atoms with van der Waals surface area (Å²) < 4.78 is 5.29. The van der Waals surface area contributed by atoms with E-state index in [-0.39, 0.29) is 23.8 Å². The summed E-state index contributed by atoms with van der Waals surface area (Å²) in [5.41, 5.74) is 3.63. The highest BCUT2D eigenvalue weighted by Gasteiger charge is 2.32. The van der Waals surface area contributed by atoms with Crippen molar-refractivity contribution in [3.05, 3.63) is 59.2 Å². The second-order valence-electron chi connectivity index (χ2n) is 7.56. The monoisotopic (exact) mass is 466 g/mol. The zero-order valence-electron chi connectivity index (χ0n) is 17.8. The van der Waals surface area contributed by atoms with Gasteiger partial charge in [-0.25, -0.2) is 4.79 Å². The van der Waals surface area contributed by atoms with Gasteiger partial charge in [-0.1, -0.05) is 11.8 Å². The smallest absolute Gasteiger partial charge is 0.335 e. The van der Waals surface area contributed by atoms with Crippen LogP contribution in [-0.4, -0.2) is 46.1 Å². The minimum Gasteiger partial charge on any atom is -0.497 e. The lowest BCUT2D eigenvalue weighted by molar-refractivity contribution is -0.122. The Hall–Kier alpha value is -3.66. The summed E-state index contributed by atoms with van der Waals surface area (Å²) in [5, 5.41) is 22.6. The van der Waals surface area contributed by atoms with Gasteiger partial charge in [0, 0.05) is 17.7 Å². The molecular weight excluding hydrogens is 444 g/mol. The van der Waals surface area contributed by atoms with Crippen LogP contribution < -0.4 is 15.4 Å². The van der Waals surface area contributed by atoms with E-state index in [9.17, 15) is 14.4 Å². The number of amidine groups is 1. The molecule has 1 saturated heterocycles. The van der Waals surface area contributed by atoms with Crippen LogP contribution in [0.2, 0.25) is 0 Å². The Morgan fingerprint density at radius 1 is 1.18 bits per heavy atom. The number of aromatic carboxylic acids is 1. The molecule has 4 rings (SSSR count). The van der Waals surface area contributed by atoms with Gasteiger partial charge in [0.1, 0.15) is 11.0 Å². The number of fused-ring (bicyclic) bond motifs is 1. The predicted molar refractivity (Wildman–Crippen MR) is 126 cm³/mol. The summed E-state index contributed by atoms with van der Waals surface area (Å²) in [5.74, 6) is -0.893. The van der Waals surface area contributed by atoms with Crippen molar-refractivity contribution in [3.8, 4) is 5.75 Å². The van der Waals surface area contributed by atoms with Gasteiger partial charge in [-0.15, -0.1) is 5.10 Å². The summed E-state index contributed by atoms with van der Waals surface area (Å²) in [7, 11) is 1.64. The molecule has 0 bridgehead atoms. The largest absolute Gasteiger partial charge is 0.497 e. The Morgan fingerprint density at radius 3 is 2.70 bits per heavy atom. The van der Waals surface area contributed by atoms with Gasteiger partial charge < -0.3 is 20.5 Å². The number of methoxy groups -OCH3 is 1. The van der Waals surface area contributed by atoms with E-state index in [2.05, 4.69) is 20.8 Å². The number of rotatable bonds is 6. The zero-order valence-corrected chi connectivity index (χ0v) is 18.6. The Labute approximate surface area is 194 Å². The highest BCUT2D eigenvalue weighted by Crippen LogP contribution is 2.27. The number of thioether (sulfide) groups is 1. The van der Waals surface area contributed by atoms with Gasteiger partial charge in [0.25, 0.3) is 0 Å². The first-order valence-electron chi connectivity index (χ1n) is 10.4. The third-order valence-corrected chi connectivity index (χ3v) is 6.38. The summed E-state index contributed by atoms with van der Waals surface area (Å²) in [4.78, 5) is 35.5. The molecule has 0 radical (unpaired) electrons. The van der Waals surface area contributed by atoms with Gasteiger partial charge in [0.15, 0.2) is 5.17 Å². The fraction of sp³-hybridized carbons (Fsp3) is 0.261. The van der Waals surface area contributed by atoms with E-state index < -0.39 is 11.2 Å². The number of nitrogens with zero attached hydrogens (tertiary/aromatic N) is 2. The Bertz CT molecular complexity index is 1160. The number of hydrogen-bond donors (Lipinski definition) is 3. The zero-order chi connectivity index (χ0) is 23.4. The third-order valence-electron chi connectivity index (χ3n) is 5.31. The van der Waals surface area contributed by atoms with Crippen LogP contribution in [-0.2, 0) is 16.0 Å². The molecule has 9 nitrogen and oxygen atoms in total. The van der Waals surface area contributed by atoms with Crippen molar-refractivity contribution in [2.75, 3.05) is 12.4 Å². The lowest BCUT2D eigenvalue weighted by Gasteiger charge is -2.17. The first kappa shape index (κ1) is 22.5. The Kier molecular flexibility index (Phi) is 6.74. The van der Waals surface area contributed by atoms with Crippen molar-refractivity contribution in [3.63, 3.8) is 0 Å². The van der Waals surface area contributed by atoms with Crippen molar-refractivity contribution < 1.29 is 24.2 Å². The maximum Gasteiger partial charge on any atom is 0.335 e. The molecule has 170 valence electrons. The minimum atomic E-state index is -1.04. The van der Waals surface area contributed by atoms with Crippen LogP contribution in [0.3, 0.4) is 0 Å². The van der Waals surface area contributed by atoms with Gasteiger partial charge in [0.05, 0.1) is 18.4 Å². The minimum absolute atomic E-state index is 0.0462. The fourth-order valence-electron chi connectivity index (χ4n) is 3.64. The van der Waals surface area contributed by atoms with Gasteiger partial charge >= 0.3 is 5.97 Å². The topological polar surface area (TPSA) is 129 Å². The van der Waals surface area contributed by atoms with Crippen molar-refractivity contribution >= 4 is 46.1 Å². The summed E-state index contributed by atoms with van der Waals surface area (Å²) in [6.45, 7) is 0. The second kappa shape index (κ2) is 9.86. The normalized spacial score (nSPS) is 19.8. The van der Waals surface area contributed by atoms with Crippen molar-refractivity contribution in [2.45, 2.75) is 30.9 Å². The molecular formula is C23H22N4O5S. The molecule has 2 aromatic rings. The van der Waals surface area contributed by atoms with Crippen LogP contribution in [0.25, 0.3) is 0 Å². The molecule has 2 aliphatic rings. The standard InChI is InChI=1S/C23H22N4O5S/c1-32-16-9-10-17-14(11-16)3-2-4-18(17)26-27-23-25-21(29)19(33-23)12-20(28)24-15-7-5-13(6-8-15)22(30)31/h5-11,19H,2-4,12H2,1H3,(H,24,28)(H,30,31)(H,25,27,29). The number of carbonyl (C=O) groups is 3. The first-order valence-corrected chi connectivity index (χ1v) is 11.2. The summed E-state index contributed by atoms with van der Waals surface area (Å²) >= 11 is 1.16. The molecule has 1 atom stereocenters. The van der Waals surface area contributed by atoms with E-state index in [0.717, 1.165) is 53.6 Å². The highest BCUT2D eigenvalue weighted by molar-refractivity contribution is 8.15. The quantitative estimate of drug-likeness (QED) is 0.561. The molecule has 2 amide bonds. The van der Waals surface area contributed by atoms with E-state index in [0.29, 0.717) is 10.9 Å². The molecule has 1 aliphatic heterocycles. The van der Waals surface area contributed by atoms with Crippen LogP contribution in [0.1, 0.15) is 40.7 Å². The number of aryl methyl sites for hydroxylation is 1. The molecule has 1 fully saturated rings. The van der Waals surface area contributed by atoms with Crippen LogP contribution in [0.5, 0.6) is 5.75 Å². The van der Waals surface area contributed by atoms with Gasteiger partial charge in [-0.2, -0.15) is 5.10 Å². The molecule has 3 N–H and O–H groups in total. The summed E-state index contributed by atoms with van der Waals surface area (Å²) in [6.07, 6.45) is 2.65. The second-order valence-corrected chi connectivity index (χ2v) is 8.75. The number of benzene rings is 2. The lowest BCUT2D eigenvalue weighted by Crippen LogP contribution is -2.28. The molecule has 2 aromatic carbocycles. The van der Waals surface area contributed by atoms with Gasteiger partial charge in [-0.05, 0) is 67.3 Å². The first-order chi connectivity index (χ1) is 15.9. The Morgan fingerprint density at radius 2 is 1.97 bits per heavy atom. The number of ether oxygens (including phenoxy) is 1. The van der Waals surface area contributed by atoms with Crippen LogP contribution in [0.15, 0.2) is 52.7 Å². The number of amides is 2. The number of nitrogens with one attached hydrogen (secondary N) is 2. The fourth-order valence-corrected chi connectivity index (χ4v) is 4.56. The molecule has 1 aliphatic carbocycles. The van der Waals surface area contributed by atoms with Crippen LogP contribution >= 0.6 is 11.8 Å². The van der Waals surface area contributed by atoms with E-state index in [4.69, 9.17) is 9.84 Å². The predicted octanol–water partition coefficient (Wildman–Crippen LogP) is 3.05. The van der Waals surface area contributed by atoms with Crippen molar-refractivity contribution in [1.82, 2.24) is 5.32 Å². The number of anilines is 1. The number of carboxylic acids is 1. The number of carbonyl (C=O) groups excluding carboxylic acids is 2. The van der Waals surface area contributed by atoms with E-state index >= 15 is 0 Å². The molecule has 33 heavy (non-hydrogen) atoms. The Balaban J connectivity index is 1.38. The van der Waals surface area contributed by atoms with Crippen molar-refractivity contribution in [2.24, 2.45) is 10.2 Å². The molecule has 10 heteroatoms. The average Bonchev–Trinajstić information content (AvgIpc) is 3.16. The SMILES string of the molecule is COc1ccc2c(c1)CCCC2=N/N=C1/NC(=O)C(CC(=O)Nc2ccc(C(=O)O)cc2)S1. The molecule has 0 aromatic heterocycles. The molecule has 0 saturated carbocycles.